The molecule has 0 saturated heterocycles. The van der Waals surface area contributed by atoms with Crippen LogP contribution in [0.2, 0.25) is 0 Å². The molecule has 22 heavy (non-hydrogen) atoms. The lowest BCUT2D eigenvalue weighted by Gasteiger charge is -2.08. The number of aryl methyl sites for hydroxylation is 1. The Labute approximate surface area is 130 Å². The average Bonchev–Trinajstić information content (AvgIpc) is 2.75. The quantitative estimate of drug-likeness (QED) is 0.941. The van der Waals surface area contributed by atoms with Gasteiger partial charge in [-0.05, 0) is 54.0 Å². The van der Waals surface area contributed by atoms with Crippen molar-refractivity contribution in [3.63, 3.8) is 0 Å². The Hall–Kier alpha value is -2.11. The molecule has 1 aliphatic heterocycles. The SMILES string of the molecule is Cc1cccc(OCC2=Cc3cc(CN)ccc3S2(=O)=O)c1. The molecule has 0 saturated carbocycles. The van der Waals surface area contributed by atoms with Crippen LogP contribution in [0, 0.1) is 6.92 Å². The zero-order valence-electron chi connectivity index (χ0n) is 12.2. The van der Waals surface area contributed by atoms with Gasteiger partial charge in [-0.2, -0.15) is 0 Å². The van der Waals surface area contributed by atoms with Crippen molar-refractivity contribution in [1.29, 1.82) is 0 Å². The van der Waals surface area contributed by atoms with Gasteiger partial charge in [-0.3, -0.25) is 0 Å². The van der Waals surface area contributed by atoms with Crippen molar-refractivity contribution in [2.75, 3.05) is 6.61 Å². The number of ether oxygens (including phenoxy) is 1. The maximum Gasteiger partial charge on any atom is 0.206 e. The van der Waals surface area contributed by atoms with Gasteiger partial charge in [0.15, 0.2) is 0 Å². The van der Waals surface area contributed by atoms with Crippen LogP contribution in [0.4, 0.5) is 0 Å². The highest BCUT2D eigenvalue weighted by Gasteiger charge is 2.29. The lowest BCUT2D eigenvalue weighted by molar-refractivity contribution is 0.359. The third-order valence-corrected chi connectivity index (χ3v) is 5.51. The molecule has 0 aromatic heterocycles. The van der Waals surface area contributed by atoms with Gasteiger partial charge in [0.1, 0.15) is 12.4 Å². The average molecular weight is 315 g/mol. The fourth-order valence-corrected chi connectivity index (χ4v) is 3.91. The van der Waals surface area contributed by atoms with Crippen LogP contribution >= 0.6 is 0 Å². The molecule has 0 fully saturated rings. The summed E-state index contributed by atoms with van der Waals surface area (Å²) in [5.74, 6) is 0.662. The second-order valence-electron chi connectivity index (χ2n) is 5.30. The molecule has 0 spiro atoms. The molecule has 2 aromatic rings. The van der Waals surface area contributed by atoms with Gasteiger partial charge in [0.2, 0.25) is 9.84 Å². The minimum atomic E-state index is -3.46. The Morgan fingerprint density at radius 3 is 2.68 bits per heavy atom. The van der Waals surface area contributed by atoms with E-state index in [2.05, 4.69) is 0 Å². The van der Waals surface area contributed by atoms with E-state index >= 15 is 0 Å². The van der Waals surface area contributed by atoms with Crippen molar-refractivity contribution in [3.8, 4) is 5.75 Å². The van der Waals surface area contributed by atoms with Crippen LogP contribution in [0.3, 0.4) is 0 Å². The van der Waals surface area contributed by atoms with E-state index in [1.165, 1.54) is 0 Å². The molecule has 0 bridgehead atoms. The smallest absolute Gasteiger partial charge is 0.206 e. The molecule has 5 heteroatoms. The molecule has 0 radical (unpaired) electrons. The third kappa shape index (κ3) is 2.65. The van der Waals surface area contributed by atoms with E-state index in [1.807, 2.05) is 37.3 Å². The summed E-state index contributed by atoms with van der Waals surface area (Å²) in [5, 5.41) is 0. The number of hydrogen-bond donors (Lipinski definition) is 1. The van der Waals surface area contributed by atoms with Gasteiger partial charge < -0.3 is 10.5 Å². The number of hydrogen-bond acceptors (Lipinski definition) is 4. The van der Waals surface area contributed by atoms with Gasteiger partial charge in [-0.1, -0.05) is 18.2 Å². The molecule has 2 N–H and O–H groups in total. The van der Waals surface area contributed by atoms with Crippen molar-refractivity contribution >= 4 is 15.9 Å². The monoisotopic (exact) mass is 315 g/mol. The summed E-state index contributed by atoms with van der Waals surface area (Å²) in [4.78, 5) is 0.603. The molecule has 1 aliphatic rings. The third-order valence-electron chi connectivity index (χ3n) is 3.63. The Balaban J connectivity index is 1.86. The number of sulfone groups is 1. The Morgan fingerprint density at radius 2 is 1.95 bits per heavy atom. The molecular weight excluding hydrogens is 298 g/mol. The fraction of sp³-hybridized carbons (Fsp3) is 0.176. The summed E-state index contributed by atoms with van der Waals surface area (Å²) in [6, 6.07) is 12.7. The highest BCUT2D eigenvalue weighted by molar-refractivity contribution is 7.95. The summed E-state index contributed by atoms with van der Waals surface area (Å²) in [7, 11) is -3.46. The molecule has 4 nitrogen and oxygen atoms in total. The zero-order valence-corrected chi connectivity index (χ0v) is 13.1. The summed E-state index contributed by atoms with van der Waals surface area (Å²) in [5.41, 5.74) is 8.26. The molecule has 0 amide bonds. The zero-order chi connectivity index (χ0) is 15.7. The van der Waals surface area contributed by atoms with Crippen molar-refractivity contribution in [2.45, 2.75) is 18.4 Å². The highest BCUT2D eigenvalue weighted by atomic mass is 32.2. The van der Waals surface area contributed by atoms with E-state index in [9.17, 15) is 8.42 Å². The van der Waals surface area contributed by atoms with Crippen LogP contribution in [-0.2, 0) is 16.4 Å². The highest BCUT2D eigenvalue weighted by Crippen LogP contribution is 2.33. The van der Waals surface area contributed by atoms with Crippen LogP contribution in [0.5, 0.6) is 5.75 Å². The number of benzene rings is 2. The molecule has 3 rings (SSSR count). The van der Waals surface area contributed by atoms with Gasteiger partial charge in [-0.15, -0.1) is 0 Å². The minimum absolute atomic E-state index is 0.0262. The van der Waals surface area contributed by atoms with Gasteiger partial charge in [0.25, 0.3) is 0 Å². The maximum absolute atomic E-state index is 12.5. The van der Waals surface area contributed by atoms with Gasteiger partial charge in [0.05, 0.1) is 9.80 Å². The minimum Gasteiger partial charge on any atom is -0.488 e. The van der Waals surface area contributed by atoms with E-state index in [-0.39, 0.29) is 11.5 Å². The summed E-state index contributed by atoms with van der Waals surface area (Å²) in [6.07, 6.45) is 1.67. The van der Waals surface area contributed by atoms with Crippen LogP contribution < -0.4 is 10.5 Å². The van der Waals surface area contributed by atoms with Gasteiger partial charge in [0, 0.05) is 6.54 Å². The van der Waals surface area contributed by atoms with Crippen molar-refractivity contribution < 1.29 is 13.2 Å². The second kappa shape index (κ2) is 5.59. The largest absolute Gasteiger partial charge is 0.488 e. The first-order valence-corrected chi connectivity index (χ1v) is 8.47. The summed E-state index contributed by atoms with van der Waals surface area (Å²) < 4.78 is 30.6. The lowest BCUT2D eigenvalue weighted by Crippen LogP contribution is -2.09. The summed E-state index contributed by atoms with van der Waals surface area (Å²) in [6.45, 7) is 2.37. The number of fused-ring (bicyclic) bond motifs is 1. The predicted octanol–water partition coefficient (Wildman–Crippen LogP) is 2.66. The molecule has 0 aliphatic carbocycles. The Morgan fingerprint density at radius 1 is 1.14 bits per heavy atom. The first kappa shape index (κ1) is 14.8. The van der Waals surface area contributed by atoms with E-state index in [4.69, 9.17) is 10.5 Å². The van der Waals surface area contributed by atoms with E-state index in [0.717, 1.165) is 11.1 Å². The Bertz CT molecular complexity index is 854. The number of rotatable bonds is 4. The first-order chi connectivity index (χ1) is 10.5. The van der Waals surface area contributed by atoms with E-state index in [1.54, 1.807) is 18.2 Å². The van der Waals surface area contributed by atoms with Crippen LogP contribution in [-0.4, -0.2) is 15.0 Å². The van der Waals surface area contributed by atoms with Crippen molar-refractivity contribution in [1.82, 2.24) is 0 Å². The molecule has 1 heterocycles. The van der Waals surface area contributed by atoms with E-state index in [0.29, 0.717) is 22.8 Å². The molecule has 2 aromatic carbocycles. The fourth-order valence-electron chi connectivity index (χ4n) is 2.45. The van der Waals surface area contributed by atoms with Crippen molar-refractivity contribution in [3.05, 3.63) is 64.1 Å². The van der Waals surface area contributed by atoms with Crippen LogP contribution in [0.1, 0.15) is 16.7 Å². The molecule has 114 valence electrons. The standard InChI is InChI=1S/C17H17NO3S/c1-12-3-2-4-15(7-12)21-11-16-9-14-8-13(10-18)5-6-17(14)22(16,19)20/h2-9H,10-11,18H2,1H3. The van der Waals surface area contributed by atoms with Crippen LogP contribution in [0.15, 0.2) is 52.3 Å². The Kier molecular flexibility index (Phi) is 3.76. The van der Waals surface area contributed by atoms with Crippen LogP contribution in [0.25, 0.3) is 6.08 Å². The first-order valence-electron chi connectivity index (χ1n) is 6.99. The lowest BCUT2D eigenvalue weighted by atomic mass is 10.1. The van der Waals surface area contributed by atoms with Gasteiger partial charge >= 0.3 is 0 Å². The molecule has 0 unspecified atom stereocenters. The second-order valence-corrected chi connectivity index (χ2v) is 7.27. The molecular formula is C17H17NO3S. The summed E-state index contributed by atoms with van der Waals surface area (Å²) >= 11 is 0. The van der Waals surface area contributed by atoms with Gasteiger partial charge in [-0.25, -0.2) is 8.42 Å². The van der Waals surface area contributed by atoms with Crippen molar-refractivity contribution in [2.24, 2.45) is 5.73 Å². The van der Waals surface area contributed by atoms with E-state index < -0.39 is 9.84 Å². The maximum atomic E-state index is 12.5. The molecule has 0 atom stereocenters. The predicted molar refractivity (Wildman–Crippen MR) is 86.2 cm³/mol. The normalized spacial score (nSPS) is 15.3. The number of nitrogens with two attached hydrogens (primary N) is 1. The topological polar surface area (TPSA) is 69.4 Å².